The number of alkyl halides is 3. The highest BCUT2D eigenvalue weighted by molar-refractivity contribution is 7.91. The molecule has 0 heterocycles. The molecule has 0 saturated heterocycles. The lowest BCUT2D eigenvalue weighted by atomic mass is 10.2. The predicted octanol–water partition coefficient (Wildman–Crippen LogP) is 4.83. The summed E-state index contributed by atoms with van der Waals surface area (Å²) in [5, 5.41) is 0.566. The van der Waals surface area contributed by atoms with Crippen LogP contribution >= 0.6 is 23.2 Å². The van der Waals surface area contributed by atoms with Crippen molar-refractivity contribution in [3.05, 3.63) is 58.1 Å². The Bertz CT molecular complexity index is 824. The third kappa shape index (κ3) is 5.77. The summed E-state index contributed by atoms with van der Waals surface area (Å²) in [4.78, 5) is 0. The molecule has 0 atom stereocenters. The number of benzene rings is 2. The number of halogens is 5. The zero-order chi connectivity index (χ0) is 18.0. The average molecular weight is 400 g/mol. The first-order valence-corrected chi connectivity index (χ1v) is 8.75. The largest absolute Gasteiger partial charge is 0.573 e. The molecule has 0 spiro atoms. The van der Waals surface area contributed by atoms with Crippen LogP contribution in [-0.4, -0.2) is 14.8 Å². The van der Waals surface area contributed by atoms with Crippen LogP contribution in [0.1, 0.15) is 5.56 Å². The summed E-state index contributed by atoms with van der Waals surface area (Å²) in [6.07, 6.45) is -4.81. The Morgan fingerprint density at radius 2 is 1.67 bits per heavy atom. The zero-order valence-corrected chi connectivity index (χ0v) is 14.1. The summed E-state index contributed by atoms with van der Waals surface area (Å²) in [5.41, 5.74) is 0.431. The number of anilines is 1. The van der Waals surface area contributed by atoms with Gasteiger partial charge in [-0.25, -0.2) is 8.42 Å². The van der Waals surface area contributed by atoms with Gasteiger partial charge in [0.25, 0.3) is 0 Å². The lowest BCUT2D eigenvalue weighted by Gasteiger charge is -2.11. The van der Waals surface area contributed by atoms with Gasteiger partial charge >= 0.3 is 6.36 Å². The molecule has 0 fully saturated rings. The fourth-order valence-corrected chi connectivity index (χ4v) is 3.57. The average Bonchev–Trinajstić information content (AvgIpc) is 2.42. The third-order valence-corrected chi connectivity index (χ3v) is 4.55. The van der Waals surface area contributed by atoms with Crippen LogP contribution in [-0.2, 0) is 15.8 Å². The van der Waals surface area contributed by atoms with E-state index in [0.29, 0.717) is 10.6 Å². The molecule has 0 bridgehead atoms. The van der Waals surface area contributed by atoms with E-state index in [4.69, 9.17) is 23.2 Å². The van der Waals surface area contributed by atoms with E-state index in [9.17, 15) is 21.6 Å². The van der Waals surface area contributed by atoms with Crippen LogP contribution in [0, 0.1) is 0 Å². The number of nitrogens with one attached hydrogen (secondary N) is 1. The van der Waals surface area contributed by atoms with Crippen LogP contribution in [0.15, 0.2) is 42.5 Å². The molecule has 0 aromatic heterocycles. The number of rotatable bonds is 5. The first-order chi connectivity index (χ1) is 11.0. The molecule has 0 amide bonds. The van der Waals surface area contributed by atoms with Crippen LogP contribution < -0.4 is 9.46 Å². The first-order valence-electron chi connectivity index (χ1n) is 6.34. The minimum Gasteiger partial charge on any atom is -0.406 e. The van der Waals surface area contributed by atoms with Crippen molar-refractivity contribution in [1.82, 2.24) is 0 Å². The van der Waals surface area contributed by atoms with Gasteiger partial charge < -0.3 is 4.74 Å². The SMILES string of the molecule is O=S(=O)(Cc1ccc(Cl)cc1Cl)Nc1ccc(OC(F)(F)F)cc1. The molecule has 0 aliphatic carbocycles. The molecule has 0 aliphatic heterocycles. The minimum atomic E-state index is -4.81. The fourth-order valence-electron chi connectivity index (χ4n) is 1.78. The normalized spacial score (nSPS) is 12.0. The Morgan fingerprint density at radius 1 is 1.04 bits per heavy atom. The van der Waals surface area contributed by atoms with Crippen molar-refractivity contribution in [2.24, 2.45) is 0 Å². The molecule has 24 heavy (non-hydrogen) atoms. The molecule has 10 heteroatoms. The monoisotopic (exact) mass is 399 g/mol. The summed E-state index contributed by atoms with van der Waals surface area (Å²) in [6.45, 7) is 0. The molecular weight excluding hydrogens is 390 g/mol. The molecule has 0 aliphatic rings. The smallest absolute Gasteiger partial charge is 0.406 e. The third-order valence-electron chi connectivity index (χ3n) is 2.72. The highest BCUT2D eigenvalue weighted by atomic mass is 35.5. The number of hydrogen-bond donors (Lipinski definition) is 1. The molecule has 1 N–H and O–H groups in total. The molecule has 0 saturated carbocycles. The van der Waals surface area contributed by atoms with Crippen LogP contribution in [0.3, 0.4) is 0 Å². The topological polar surface area (TPSA) is 55.4 Å². The Labute approximate surface area is 146 Å². The lowest BCUT2D eigenvalue weighted by molar-refractivity contribution is -0.274. The molecule has 0 radical (unpaired) electrons. The minimum absolute atomic E-state index is 0.0922. The molecule has 130 valence electrons. The van der Waals surface area contributed by atoms with Gasteiger partial charge in [-0.15, -0.1) is 13.2 Å². The maximum atomic E-state index is 12.1. The maximum Gasteiger partial charge on any atom is 0.573 e. The molecule has 2 rings (SSSR count). The number of hydrogen-bond acceptors (Lipinski definition) is 3. The summed E-state index contributed by atoms with van der Waals surface area (Å²) < 4.78 is 66.4. The highest BCUT2D eigenvalue weighted by Gasteiger charge is 2.31. The fraction of sp³-hybridized carbons (Fsp3) is 0.143. The van der Waals surface area contributed by atoms with E-state index in [1.807, 2.05) is 0 Å². The van der Waals surface area contributed by atoms with Gasteiger partial charge in [-0.1, -0.05) is 29.3 Å². The van der Waals surface area contributed by atoms with Gasteiger partial charge in [0.05, 0.1) is 5.75 Å². The van der Waals surface area contributed by atoms with Gasteiger partial charge in [0.1, 0.15) is 5.75 Å². The standard InChI is InChI=1S/C14H10Cl2F3NO3S/c15-10-2-1-9(13(16)7-10)8-24(21,22)20-11-3-5-12(6-4-11)23-14(17,18)19/h1-7,20H,8H2. The van der Waals surface area contributed by atoms with E-state index in [2.05, 4.69) is 9.46 Å². The van der Waals surface area contributed by atoms with Gasteiger partial charge in [0, 0.05) is 15.7 Å². The van der Waals surface area contributed by atoms with Gasteiger partial charge in [0.15, 0.2) is 0 Å². The molecular formula is C14H10Cl2F3NO3S. The summed E-state index contributed by atoms with van der Waals surface area (Å²) >= 11 is 11.7. The second kappa shape index (κ2) is 7.08. The molecule has 0 unspecified atom stereocenters. The van der Waals surface area contributed by atoms with Crippen molar-refractivity contribution in [2.45, 2.75) is 12.1 Å². The Balaban J connectivity index is 2.08. The van der Waals surface area contributed by atoms with E-state index in [1.165, 1.54) is 18.2 Å². The van der Waals surface area contributed by atoms with Gasteiger partial charge in [-0.2, -0.15) is 0 Å². The zero-order valence-electron chi connectivity index (χ0n) is 11.8. The van der Waals surface area contributed by atoms with Crippen LogP contribution in [0.25, 0.3) is 0 Å². The Hall–Kier alpha value is -1.64. The van der Waals surface area contributed by atoms with Crippen molar-refractivity contribution in [3.63, 3.8) is 0 Å². The van der Waals surface area contributed by atoms with Gasteiger partial charge in [0.2, 0.25) is 10.0 Å². The van der Waals surface area contributed by atoms with E-state index < -0.39 is 27.9 Å². The second-order valence-electron chi connectivity index (χ2n) is 4.67. The van der Waals surface area contributed by atoms with E-state index in [-0.39, 0.29) is 10.7 Å². The maximum absolute atomic E-state index is 12.1. The van der Waals surface area contributed by atoms with Crippen LogP contribution in [0.2, 0.25) is 10.0 Å². The van der Waals surface area contributed by atoms with Crippen LogP contribution in [0.4, 0.5) is 18.9 Å². The van der Waals surface area contributed by atoms with Crippen molar-refractivity contribution >= 4 is 38.9 Å². The summed E-state index contributed by atoms with van der Waals surface area (Å²) in [5.74, 6) is -0.865. The van der Waals surface area contributed by atoms with Gasteiger partial charge in [-0.3, -0.25) is 4.72 Å². The Morgan fingerprint density at radius 3 is 2.21 bits per heavy atom. The molecule has 2 aromatic carbocycles. The molecule has 2 aromatic rings. The van der Waals surface area contributed by atoms with Crippen LogP contribution in [0.5, 0.6) is 5.75 Å². The quantitative estimate of drug-likeness (QED) is 0.782. The lowest BCUT2D eigenvalue weighted by Crippen LogP contribution is -2.17. The van der Waals surface area contributed by atoms with E-state index in [1.54, 1.807) is 0 Å². The highest BCUT2D eigenvalue weighted by Crippen LogP contribution is 2.26. The summed E-state index contributed by atoms with van der Waals surface area (Å²) in [6, 6.07) is 8.70. The van der Waals surface area contributed by atoms with Crippen molar-refractivity contribution < 1.29 is 26.3 Å². The summed E-state index contributed by atoms with van der Waals surface area (Å²) in [7, 11) is -3.81. The number of sulfonamides is 1. The van der Waals surface area contributed by atoms with E-state index in [0.717, 1.165) is 24.3 Å². The Kier molecular flexibility index (Phi) is 5.52. The number of ether oxygens (including phenoxy) is 1. The first kappa shape index (κ1) is 18.7. The van der Waals surface area contributed by atoms with Gasteiger partial charge in [-0.05, 0) is 42.0 Å². The predicted molar refractivity (Wildman–Crippen MR) is 85.8 cm³/mol. The molecule has 4 nitrogen and oxygen atoms in total. The van der Waals surface area contributed by atoms with Crippen molar-refractivity contribution in [2.75, 3.05) is 4.72 Å². The van der Waals surface area contributed by atoms with Crippen molar-refractivity contribution in [1.29, 1.82) is 0 Å². The van der Waals surface area contributed by atoms with Crippen molar-refractivity contribution in [3.8, 4) is 5.75 Å². The second-order valence-corrected chi connectivity index (χ2v) is 7.23. The van der Waals surface area contributed by atoms with E-state index >= 15 is 0 Å².